The fourth-order valence-corrected chi connectivity index (χ4v) is 1.72. The number of morpholine rings is 1. The number of ether oxygens (including phenoxy) is 1. The van der Waals surface area contributed by atoms with Gasteiger partial charge in [0.2, 0.25) is 0 Å². The second kappa shape index (κ2) is 3.23. The minimum absolute atomic E-state index is 0.0662. The van der Waals surface area contributed by atoms with E-state index < -0.39 is 5.37 Å². The third-order valence-electron chi connectivity index (χ3n) is 1.82. The van der Waals surface area contributed by atoms with Crippen LogP contribution in [0.1, 0.15) is 20.8 Å². The molecule has 0 N–H and O–H groups in total. The molecule has 0 bridgehead atoms. The normalized spacial score (nSPS) is 28.7. The average molecular weight is 192 g/mol. The number of hydrogen-bond donors (Lipinski definition) is 0. The van der Waals surface area contributed by atoms with Crippen LogP contribution in [-0.2, 0) is 4.74 Å². The largest absolute Gasteiger partial charge is 0.369 e. The molecule has 4 heteroatoms. The molecular formula is C8H14ClNO2. The highest BCUT2D eigenvalue weighted by atomic mass is 35.5. The van der Waals surface area contributed by atoms with Crippen molar-refractivity contribution in [1.82, 2.24) is 4.90 Å². The molecule has 1 aliphatic rings. The second-order valence-corrected chi connectivity index (χ2v) is 4.14. The lowest BCUT2D eigenvalue weighted by Crippen LogP contribution is -2.52. The first kappa shape index (κ1) is 9.81. The van der Waals surface area contributed by atoms with Crippen LogP contribution in [0.2, 0.25) is 0 Å². The minimum Gasteiger partial charge on any atom is -0.369 e. The van der Waals surface area contributed by atoms with Crippen LogP contribution < -0.4 is 0 Å². The van der Waals surface area contributed by atoms with E-state index in [0.29, 0.717) is 13.1 Å². The molecule has 0 aromatic carbocycles. The third kappa shape index (κ3) is 2.35. The molecule has 0 aromatic rings. The predicted octanol–water partition coefficient (Wildman–Crippen LogP) is 1.84. The van der Waals surface area contributed by atoms with E-state index in [0.717, 1.165) is 0 Å². The molecular weight excluding hydrogens is 178 g/mol. The van der Waals surface area contributed by atoms with Gasteiger partial charge in [0, 0.05) is 6.54 Å². The third-order valence-corrected chi connectivity index (χ3v) is 2.06. The summed E-state index contributed by atoms with van der Waals surface area (Å²) >= 11 is 5.38. The zero-order valence-electron chi connectivity index (χ0n) is 7.63. The van der Waals surface area contributed by atoms with E-state index in [4.69, 9.17) is 16.3 Å². The number of hydrogen-bond acceptors (Lipinski definition) is 2. The molecule has 0 saturated carbocycles. The fourth-order valence-electron chi connectivity index (χ4n) is 1.59. The van der Waals surface area contributed by atoms with E-state index in [1.54, 1.807) is 4.90 Å². The number of nitrogens with zero attached hydrogens (tertiary/aromatic N) is 1. The summed E-state index contributed by atoms with van der Waals surface area (Å²) in [5.74, 6) is 0. The van der Waals surface area contributed by atoms with Crippen LogP contribution in [0.15, 0.2) is 0 Å². The molecule has 0 radical (unpaired) electrons. The Kier molecular flexibility index (Phi) is 2.64. The standard InChI is InChI=1S/C8H14ClNO2/c1-6-4-10(7(9)11)5-8(2,3)12-6/h6H,4-5H2,1-3H3. The van der Waals surface area contributed by atoms with Gasteiger partial charge in [0.05, 0.1) is 18.2 Å². The lowest BCUT2D eigenvalue weighted by atomic mass is 10.1. The summed E-state index contributed by atoms with van der Waals surface area (Å²) in [6.45, 7) is 7.00. The van der Waals surface area contributed by atoms with E-state index in [1.165, 1.54) is 0 Å². The van der Waals surface area contributed by atoms with Crippen molar-refractivity contribution in [3.8, 4) is 0 Å². The van der Waals surface area contributed by atoms with Crippen LogP contribution in [0.4, 0.5) is 4.79 Å². The number of carbonyl (C=O) groups is 1. The Balaban J connectivity index is 2.64. The van der Waals surface area contributed by atoms with Gasteiger partial charge in [-0.05, 0) is 32.4 Å². The van der Waals surface area contributed by atoms with Gasteiger partial charge in [-0.15, -0.1) is 0 Å². The molecule has 1 heterocycles. The van der Waals surface area contributed by atoms with Crippen LogP contribution in [0.25, 0.3) is 0 Å². The Hall–Kier alpha value is -0.280. The van der Waals surface area contributed by atoms with Crippen LogP contribution >= 0.6 is 11.6 Å². The van der Waals surface area contributed by atoms with Crippen LogP contribution in [0.3, 0.4) is 0 Å². The van der Waals surface area contributed by atoms with Gasteiger partial charge in [-0.2, -0.15) is 0 Å². The zero-order valence-corrected chi connectivity index (χ0v) is 8.39. The topological polar surface area (TPSA) is 29.5 Å². The molecule has 1 rings (SSSR count). The van der Waals surface area contributed by atoms with Gasteiger partial charge >= 0.3 is 5.37 Å². The molecule has 3 nitrogen and oxygen atoms in total. The lowest BCUT2D eigenvalue weighted by molar-refractivity contribution is -0.115. The molecule has 1 unspecified atom stereocenters. The maximum atomic E-state index is 10.9. The van der Waals surface area contributed by atoms with Crippen LogP contribution in [0.5, 0.6) is 0 Å². The van der Waals surface area contributed by atoms with Crippen molar-refractivity contribution in [1.29, 1.82) is 0 Å². The molecule has 12 heavy (non-hydrogen) atoms. The monoisotopic (exact) mass is 191 g/mol. The lowest BCUT2D eigenvalue weighted by Gasteiger charge is -2.40. The summed E-state index contributed by atoms with van der Waals surface area (Å²) in [6.07, 6.45) is 0.0662. The maximum absolute atomic E-state index is 10.9. The van der Waals surface area contributed by atoms with Gasteiger partial charge in [-0.3, -0.25) is 4.79 Å². The quantitative estimate of drug-likeness (QED) is 0.432. The molecule has 0 aromatic heterocycles. The predicted molar refractivity (Wildman–Crippen MR) is 47.4 cm³/mol. The first-order valence-corrected chi connectivity index (χ1v) is 4.41. The minimum atomic E-state index is -0.391. The molecule has 1 fully saturated rings. The van der Waals surface area contributed by atoms with Gasteiger partial charge in [-0.25, -0.2) is 0 Å². The summed E-state index contributed by atoms with van der Waals surface area (Å²) in [7, 11) is 0. The second-order valence-electron chi connectivity index (χ2n) is 3.82. The van der Waals surface area contributed by atoms with Crippen molar-refractivity contribution in [3.63, 3.8) is 0 Å². The van der Waals surface area contributed by atoms with Gasteiger partial charge in [0.1, 0.15) is 0 Å². The molecule has 1 atom stereocenters. The van der Waals surface area contributed by atoms with E-state index in [9.17, 15) is 4.79 Å². The average Bonchev–Trinajstić information content (AvgIpc) is 1.82. The van der Waals surface area contributed by atoms with Crippen molar-refractivity contribution < 1.29 is 9.53 Å². The summed E-state index contributed by atoms with van der Waals surface area (Å²) in [5, 5.41) is -0.391. The van der Waals surface area contributed by atoms with Crippen molar-refractivity contribution in [3.05, 3.63) is 0 Å². The molecule has 0 aliphatic carbocycles. The maximum Gasteiger partial charge on any atom is 0.316 e. The summed E-state index contributed by atoms with van der Waals surface area (Å²) in [4.78, 5) is 12.5. The Morgan fingerprint density at radius 3 is 2.67 bits per heavy atom. The summed E-state index contributed by atoms with van der Waals surface area (Å²) < 4.78 is 5.60. The Morgan fingerprint density at radius 1 is 1.67 bits per heavy atom. The number of carbonyl (C=O) groups excluding carboxylic acids is 1. The zero-order chi connectivity index (χ0) is 9.35. The van der Waals surface area contributed by atoms with Gasteiger partial charge in [-0.1, -0.05) is 0 Å². The number of halogens is 1. The van der Waals surface area contributed by atoms with E-state index >= 15 is 0 Å². The fraction of sp³-hybridized carbons (Fsp3) is 0.875. The van der Waals surface area contributed by atoms with E-state index in [2.05, 4.69) is 0 Å². The van der Waals surface area contributed by atoms with Crippen LogP contribution in [-0.4, -0.2) is 35.1 Å². The summed E-state index contributed by atoms with van der Waals surface area (Å²) in [6, 6.07) is 0. The van der Waals surface area contributed by atoms with E-state index in [-0.39, 0.29) is 11.7 Å². The van der Waals surface area contributed by atoms with Crippen molar-refractivity contribution in [2.24, 2.45) is 0 Å². The Morgan fingerprint density at radius 2 is 2.25 bits per heavy atom. The Bertz CT molecular complexity index is 193. The van der Waals surface area contributed by atoms with Gasteiger partial charge in [0.15, 0.2) is 0 Å². The van der Waals surface area contributed by atoms with Gasteiger partial charge in [0.25, 0.3) is 0 Å². The smallest absolute Gasteiger partial charge is 0.316 e. The first-order valence-electron chi connectivity index (χ1n) is 4.03. The number of amides is 1. The van der Waals surface area contributed by atoms with Crippen molar-refractivity contribution >= 4 is 17.0 Å². The van der Waals surface area contributed by atoms with Crippen molar-refractivity contribution in [2.75, 3.05) is 13.1 Å². The molecule has 1 aliphatic heterocycles. The summed E-state index contributed by atoms with van der Waals surface area (Å²) in [5.41, 5.74) is -0.276. The van der Waals surface area contributed by atoms with Crippen LogP contribution in [0, 0.1) is 0 Å². The van der Waals surface area contributed by atoms with E-state index in [1.807, 2.05) is 20.8 Å². The highest BCUT2D eigenvalue weighted by molar-refractivity contribution is 6.62. The molecule has 0 spiro atoms. The SMILES string of the molecule is CC1CN(C(=O)Cl)CC(C)(C)O1. The highest BCUT2D eigenvalue weighted by Gasteiger charge is 2.32. The molecule has 1 saturated heterocycles. The molecule has 70 valence electrons. The first-order chi connectivity index (χ1) is 5.41. The molecule has 1 amide bonds. The van der Waals surface area contributed by atoms with Gasteiger partial charge < -0.3 is 9.64 Å². The Labute approximate surface area is 77.6 Å². The van der Waals surface area contributed by atoms with Crippen molar-refractivity contribution in [2.45, 2.75) is 32.5 Å². The number of rotatable bonds is 0. The highest BCUT2D eigenvalue weighted by Crippen LogP contribution is 2.21.